The molecule has 1 aromatic heterocycles. The molecule has 0 bridgehead atoms. The number of benzene rings is 2. The maximum absolute atomic E-state index is 10.7. The Bertz CT molecular complexity index is 720. The van der Waals surface area contributed by atoms with Gasteiger partial charge in [0.15, 0.2) is 0 Å². The predicted molar refractivity (Wildman–Crippen MR) is 80.1 cm³/mol. The molecule has 0 unspecified atom stereocenters. The molecule has 0 aliphatic carbocycles. The lowest BCUT2D eigenvalue weighted by molar-refractivity contribution is 0.112. The Hall–Kier alpha value is -2.17. The lowest BCUT2D eigenvalue weighted by atomic mass is 10.2. The summed E-state index contributed by atoms with van der Waals surface area (Å²) in [5, 5.41) is 7.69. The second-order valence-electron chi connectivity index (χ2n) is 3.99. The molecular formula is C15H13ClN2O2. The first-order valence-electron chi connectivity index (χ1n) is 5.92. The number of hydrogen-bond acceptors (Lipinski definition) is 3. The molecule has 3 rings (SSSR count). The average molecular weight is 289 g/mol. The van der Waals surface area contributed by atoms with Crippen molar-refractivity contribution in [2.24, 2.45) is 0 Å². The minimum atomic E-state index is 0.633. The van der Waals surface area contributed by atoms with Crippen molar-refractivity contribution < 1.29 is 9.90 Å². The molecular weight excluding hydrogens is 276 g/mol. The minimum Gasteiger partial charge on any atom is -0.400 e. The van der Waals surface area contributed by atoms with E-state index in [2.05, 4.69) is 9.97 Å². The zero-order valence-electron chi connectivity index (χ0n) is 10.8. The van der Waals surface area contributed by atoms with Crippen molar-refractivity contribution in [1.82, 2.24) is 9.97 Å². The van der Waals surface area contributed by atoms with E-state index in [9.17, 15) is 4.79 Å². The van der Waals surface area contributed by atoms with Crippen LogP contribution in [0.15, 0.2) is 42.5 Å². The zero-order valence-corrected chi connectivity index (χ0v) is 11.6. The number of aromatic nitrogens is 2. The summed E-state index contributed by atoms with van der Waals surface area (Å²) in [5.41, 5.74) is 3.28. The number of aromatic amines is 1. The molecule has 0 aliphatic heterocycles. The van der Waals surface area contributed by atoms with E-state index < -0.39 is 0 Å². The van der Waals surface area contributed by atoms with Gasteiger partial charge in [0.2, 0.25) is 0 Å². The highest BCUT2D eigenvalue weighted by atomic mass is 35.5. The van der Waals surface area contributed by atoms with E-state index in [-0.39, 0.29) is 0 Å². The number of halogens is 1. The molecule has 2 aromatic carbocycles. The summed E-state index contributed by atoms with van der Waals surface area (Å²) >= 11 is 5.85. The Morgan fingerprint density at radius 3 is 2.50 bits per heavy atom. The first-order chi connectivity index (χ1) is 9.76. The number of carbonyl (C=O) groups excluding carboxylic acids is 1. The van der Waals surface area contributed by atoms with Crippen LogP contribution in [0.25, 0.3) is 22.4 Å². The first-order valence-corrected chi connectivity index (χ1v) is 6.30. The van der Waals surface area contributed by atoms with Crippen molar-refractivity contribution in [3.05, 3.63) is 53.1 Å². The fourth-order valence-electron chi connectivity index (χ4n) is 1.85. The first kappa shape index (κ1) is 14.2. The molecule has 0 atom stereocenters. The van der Waals surface area contributed by atoms with Crippen LogP contribution in [0, 0.1) is 0 Å². The van der Waals surface area contributed by atoms with Crippen LogP contribution in [0.5, 0.6) is 0 Å². The average Bonchev–Trinajstić information content (AvgIpc) is 2.92. The van der Waals surface area contributed by atoms with Gasteiger partial charge in [-0.1, -0.05) is 11.6 Å². The number of imidazole rings is 1. The summed E-state index contributed by atoms with van der Waals surface area (Å²) in [4.78, 5) is 18.4. The van der Waals surface area contributed by atoms with Crippen LogP contribution < -0.4 is 0 Å². The van der Waals surface area contributed by atoms with Crippen LogP contribution in [-0.2, 0) is 0 Å². The van der Waals surface area contributed by atoms with Crippen LogP contribution >= 0.6 is 11.6 Å². The number of rotatable bonds is 2. The van der Waals surface area contributed by atoms with Gasteiger partial charge in [-0.2, -0.15) is 0 Å². The van der Waals surface area contributed by atoms with Crippen LogP contribution in [-0.4, -0.2) is 28.5 Å². The third-order valence-electron chi connectivity index (χ3n) is 2.76. The standard InChI is InChI=1S/C14H9ClN2O.CH4O/c15-11-4-2-10(3-5-11)14-16-12-6-1-9(8-18)7-13(12)17-14;1-2/h1-8H,(H,16,17);2H,1H3. The molecule has 0 spiro atoms. The zero-order chi connectivity index (χ0) is 14.5. The van der Waals surface area contributed by atoms with Crippen LogP contribution in [0.3, 0.4) is 0 Å². The second kappa shape index (κ2) is 6.32. The molecule has 20 heavy (non-hydrogen) atoms. The van der Waals surface area contributed by atoms with Gasteiger partial charge in [-0.15, -0.1) is 0 Å². The van der Waals surface area contributed by atoms with Crippen molar-refractivity contribution >= 4 is 28.9 Å². The number of aliphatic hydroxyl groups is 1. The van der Waals surface area contributed by atoms with Crippen molar-refractivity contribution in [2.75, 3.05) is 7.11 Å². The molecule has 0 radical (unpaired) electrons. The van der Waals surface area contributed by atoms with Gasteiger partial charge >= 0.3 is 0 Å². The molecule has 4 nitrogen and oxygen atoms in total. The van der Waals surface area contributed by atoms with Crippen LogP contribution in [0.1, 0.15) is 10.4 Å². The molecule has 5 heteroatoms. The van der Waals surface area contributed by atoms with Gasteiger partial charge in [-0.05, 0) is 42.5 Å². The summed E-state index contributed by atoms with van der Waals surface area (Å²) in [5.74, 6) is 0.768. The number of carbonyl (C=O) groups is 1. The summed E-state index contributed by atoms with van der Waals surface area (Å²) in [6.07, 6.45) is 0.822. The number of aldehydes is 1. The van der Waals surface area contributed by atoms with Gasteiger partial charge in [0, 0.05) is 23.3 Å². The maximum Gasteiger partial charge on any atom is 0.150 e. The third-order valence-corrected chi connectivity index (χ3v) is 3.01. The van der Waals surface area contributed by atoms with E-state index in [1.165, 1.54) is 0 Å². The van der Waals surface area contributed by atoms with Crippen molar-refractivity contribution in [2.45, 2.75) is 0 Å². The van der Waals surface area contributed by atoms with Crippen LogP contribution in [0.4, 0.5) is 0 Å². The van der Waals surface area contributed by atoms with Gasteiger partial charge in [0.1, 0.15) is 12.1 Å². The number of fused-ring (bicyclic) bond motifs is 1. The molecule has 1 heterocycles. The SMILES string of the molecule is CO.O=Cc1ccc2nc(-c3ccc(Cl)cc3)[nH]c2c1. The smallest absolute Gasteiger partial charge is 0.150 e. The van der Waals surface area contributed by atoms with E-state index in [1.54, 1.807) is 12.1 Å². The molecule has 0 fully saturated rings. The van der Waals surface area contributed by atoms with Crippen molar-refractivity contribution in [3.8, 4) is 11.4 Å². The summed E-state index contributed by atoms with van der Waals surface area (Å²) < 4.78 is 0. The Balaban J connectivity index is 0.000000704. The van der Waals surface area contributed by atoms with Gasteiger partial charge in [0.25, 0.3) is 0 Å². The van der Waals surface area contributed by atoms with E-state index in [0.717, 1.165) is 35.8 Å². The summed E-state index contributed by atoms with van der Waals surface area (Å²) in [7, 11) is 1.00. The third kappa shape index (κ3) is 2.87. The summed E-state index contributed by atoms with van der Waals surface area (Å²) in [6.45, 7) is 0. The second-order valence-corrected chi connectivity index (χ2v) is 4.42. The number of aliphatic hydroxyl groups excluding tert-OH is 1. The number of nitrogens with one attached hydrogen (secondary N) is 1. The molecule has 2 N–H and O–H groups in total. The van der Waals surface area contributed by atoms with E-state index >= 15 is 0 Å². The predicted octanol–water partition coefficient (Wildman–Crippen LogP) is 3.30. The van der Waals surface area contributed by atoms with Gasteiger partial charge in [0.05, 0.1) is 11.0 Å². The van der Waals surface area contributed by atoms with Crippen LogP contribution in [0.2, 0.25) is 5.02 Å². The Labute approximate surface area is 121 Å². The quantitative estimate of drug-likeness (QED) is 0.711. The van der Waals surface area contributed by atoms with Gasteiger partial charge in [-0.25, -0.2) is 4.98 Å². The number of H-pyrrole nitrogens is 1. The van der Waals surface area contributed by atoms with E-state index in [0.29, 0.717) is 10.6 Å². The molecule has 0 saturated heterocycles. The highest BCUT2D eigenvalue weighted by Crippen LogP contribution is 2.22. The fraction of sp³-hybridized carbons (Fsp3) is 0.0667. The van der Waals surface area contributed by atoms with E-state index in [4.69, 9.17) is 16.7 Å². The molecule has 3 aromatic rings. The molecule has 0 aliphatic rings. The lowest BCUT2D eigenvalue weighted by Gasteiger charge is -1.95. The Morgan fingerprint density at radius 2 is 1.85 bits per heavy atom. The lowest BCUT2D eigenvalue weighted by Crippen LogP contribution is -1.79. The topological polar surface area (TPSA) is 66.0 Å². The number of nitrogens with zero attached hydrogens (tertiary/aromatic N) is 1. The Kier molecular flexibility index (Phi) is 4.50. The fourth-order valence-corrected chi connectivity index (χ4v) is 1.97. The Morgan fingerprint density at radius 1 is 1.15 bits per heavy atom. The number of hydrogen-bond donors (Lipinski definition) is 2. The normalized spacial score (nSPS) is 9.95. The largest absolute Gasteiger partial charge is 0.400 e. The van der Waals surface area contributed by atoms with Gasteiger partial charge < -0.3 is 10.1 Å². The molecule has 102 valence electrons. The van der Waals surface area contributed by atoms with Gasteiger partial charge in [-0.3, -0.25) is 4.79 Å². The highest BCUT2D eigenvalue weighted by Gasteiger charge is 2.05. The summed E-state index contributed by atoms with van der Waals surface area (Å²) in [6, 6.07) is 12.8. The highest BCUT2D eigenvalue weighted by molar-refractivity contribution is 6.30. The van der Waals surface area contributed by atoms with Crippen molar-refractivity contribution in [1.29, 1.82) is 0 Å². The minimum absolute atomic E-state index is 0.633. The molecule has 0 saturated carbocycles. The van der Waals surface area contributed by atoms with E-state index in [1.807, 2.05) is 30.3 Å². The maximum atomic E-state index is 10.7. The molecule has 0 amide bonds. The monoisotopic (exact) mass is 288 g/mol. The van der Waals surface area contributed by atoms with Crippen molar-refractivity contribution in [3.63, 3.8) is 0 Å².